The molecule has 0 atom stereocenters. The number of rotatable bonds is 6. The second kappa shape index (κ2) is 10.4. The standard InChI is InChI=1S/C23H27N5OS/c1-3-19-20(13-24)22(28-10-4-9-27(2)11-12-28)26-23(21(19)14-25)30-16-18-7-5-17(15-29)6-8-18/h5-8,29H,3-4,9-12,15-16H2,1-2H3. The summed E-state index contributed by atoms with van der Waals surface area (Å²) in [5, 5.41) is 29.6. The zero-order valence-corrected chi connectivity index (χ0v) is 18.4. The highest BCUT2D eigenvalue weighted by Crippen LogP contribution is 2.33. The second-order valence-electron chi connectivity index (χ2n) is 7.45. The fraction of sp³-hybridized carbons (Fsp3) is 0.435. The molecule has 30 heavy (non-hydrogen) atoms. The van der Waals surface area contributed by atoms with Crippen molar-refractivity contribution in [1.29, 1.82) is 10.5 Å². The number of anilines is 1. The Labute approximate surface area is 182 Å². The number of hydrogen-bond acceptors (Lipinski definition) is 7. The van der Waals surface area contributed by atoms with E-state index in [2.05, 4.69) is 29.0 Å². The van der Waals surface area contributed by atoms with Crippen LogP contribution >= 0.6 is 11.8 Å². The molecule has 1 aromatic carbocycles. The molecule has 0 bridgehead atoms. The lowest BCUT2D eigenvalue weighted by Gasteiger charge is -2.25. The smallest absolute Gasteiger partial charge is 0.148 e. The van der Waals surface area contributed by atoms with Gasteiger partial charge < -0.3 is 14.9 Å². The number of hydrogen-bond donors (Lipinski definition) is 1. The van der Waals surface area contributed by atoms with Crippen molar-refractivity contribution < 1.29 is 5.11 Å². The molecule has 0 saturated carbocycles. The largest absolute Gasteiger partial charge is 0.392 e. The maximum Gasteiger partial charge on any atom is 0.148 e. The molecule has 7 heteroatoms. The highest BCUT2D eigenvalue weighted by molar-refractivity contribution is 7.98. The lowest BCUT2D eigenvalue weighted by atomic mass is 10.0. The fourth-order valence-corrected chi connectivity index (χ4v) is 4.63. The monoisotopic (exact) mass is 421 g/mol. The molecule has 0 aliphatic carbocycles. The number of nitrogens with zero attached hydrogens (tertiary/aromatic N) is 5. The molecular weight excluding hydrogens is 394 g/mol. The molecule has 0 spiro atoms. The number of benzene rings is 1. The Balaban J connectivity index is 1.96. The third-order valence-corrected chi connectivity index (χ3v) is 6.47. The predicted molar refractivity (Wildman–Crippen MR) is 119 cm³/mol. The molecule has 1 fully saturated rings. The molecule has 0 radical (unpaired) electrons. The number of likely N-dealkylation sites (N-methyl/N-ethyl adjacent to an activating group) is 1. The minimum atomic E-state index is 0.0252. The van der Waals surface area contributed by atoms with Gasteiger partial charge in [-0.2, -0.15) is 10.5 Å². The van der Waals surface area contributed by atoms with Gasteiger partial charge in [0.2, 0.25) is 0 Å². The molecule has 6 nitrogen and oxygen atoms in total. The third-order valence-electron chi connectivity index (χ3n) is 5.43. The zero-order valence-electron chi connectivity index (χ0n) is 17.6. The third kappa shape index (κ3) is 4.94. The maximum atomic E-state index is 9.89. The maximum absolute atomic E-state index is 9.89. The average Bonchev–Trinajstić information content (AvgIpc) is 3.00. The van der Waals surface area contributed by atoms with Gasteiger partial charge in [-0.15, -0.1) is 11.8 Å². The lowest BCUT2D eigenvalue weighted by molar-refractivity contribution is 0.282. The number of aliphatic hydroxyl groups is 1. The van der Waals surface area contributed by atoms with Gasteiger partial charge in [0, 0.05) is 25.4 Å². The van der Waals surface area contributed by atoms with Crippen molar-refractivity contribution in [1.82, 2.24) is 9.88 Å². The topological polar surface area (TPSA) is 87.2 Å². The van der Waals surface area contributed by atoms with Crippen molar-refractivity contribution in [3.63, 3.8) is 0 Å². The molecule has 2 aromatic rings. The van der Waals surface area contributed by atoms with Crippen LogP contribution in [-0.2, 0) is 18.8 Å². The molecule has 156 valence electrons. The van der Waals surface area contributed by atoms with Crippen LogP contribution in [0.4, 0.5) is 5.82 Å². The summed E-state index contributed by atoms with van der Waals surface area (Å²) in [4.78, 5) is 9.34. The van der Waals surface area contributed by atoms with Crippen LogP contribution in [0.1, 0.15) is 41.2 Å². The summed E-state index contributed by atoms with van der Waals surface area (Å²) in [5.41, 5.74) is 3.82. The molecular formula is C23H27N5OS. The van der Waals surface area contributed by atoms with E-state index in [1.54, 1.807) is 0 Å². The summed E-state index contributed by atoms with van der Waals surface area (Å²) in [6.07, 6.45) is 1.64. The summed E-state index contributed by atoms with van der Waals surface area (Å²) in [6, 6.07) is 12.4. The number of thioether (sulfide) groups is 1. The molecule has 0 amide bonds. The van der Waals surface area contributed by atoms with Crippen LogP contribution in [0, 0.1) is 22.7 Å². The van der Waals surface area contributed by atoms with E-state index in [0.717, 1.165) is 49.3 Å². The van der Waals surface area contributed by atoms with Gasteiger partial charge in [0.25, 0.3) is 0 Å². The van der Waals surface area contributed by atoms with Crippen molar-refractivity contribution in [3.05, 3.63) is 52.1 Å². The summed E-state index contributed by atoms with van der Waals surface area (Å²) in [6.45, 7) is 5.64. The van der Waals surface area contributed by atoms with Gasteiger partial charge in [-0.05, 0) is 43.1 Å². The Bertz CT molecular complexity index is 962. The minimum absolute atomic E-state index is 0.0252. The van der Waals surface area contributed by atoms with Crippen LogP contribution in [0.15, 0.2) is 29.3 Å². The summed E-state index contributed by atoms with van der Waals surface area (Å²) in [5.74, 6) is 1.38. The zero-order chi connectivity index (χ0) is 21.5. The first-order valence-electron chi connectivity index (χ1n) is 10.2. The normalized spacial score (nSPS) is 14.8. The van der Waals surface area contributed by atoms with E-state index in [1.165, 1.54) is 11.8 Å². The van der Waals surface area contributed by atoms with Gasteiger partial charge >= 0.3 is 0 Å². The van der Waals surface area contributed by atoms with Crippen LogP contribution in [-0.4, -0.2) is 48.2 Å². The van der Waals surface area contributed by atoms with Crippen molar-refractivity contribution in [2.45, 2.75) is 37.2 Å². The first kappa shape index (κ1) is 22.1. The van der Waals surface area contributed by atoms with E-state index < -0.39 is 0 Å². The highest BCUT2D eigenvalue weighted by Gasteiger charge is 2.24. The number of pyridine rings is 1. The Morgan fingerprint density at radius 2 is 1.73 bits per heavy atom. The van der Waals surface area contributed by atoms with E-state index in [-0.39, 0.29) is 6.61 Å². The Morgan fingerprint density at radius 3 is 2.37 bits per heavy atom. The van der Waals surface area contributed by atoms with Crippen LogP contribution in [0.25, 0.3) is 0 Å². The van der Waals surface area contributed by atoms with Gasteiger partial charge in [-0.25, -0.2) is 4.98 Å². The molecule has 1 saturated heterocycles. The Hall–Kier alpha value is -2.58. The molecule has 1 aliphatic rings. The number of aliphatic hydroxyl groups excluding tert-OH is 1. The van der Waals surface area contributed by atoms with Gasteiger partial charge in [-0.3, -0.25) is 0 Å². The first-order chi connectivity index (χ1) is 14.6. The molecule has 1 N–H and O–H groups in total. The molecule has 1 aromatic heterocycles. The summed E-state index contributed by atoms with van der Waals surface area (Å²) >= 11 is 1.53. The van der Waals surface area contributed by atoms with Gasteiger partial charge in [0.1, 0.15) is 23.0 Å². The van der Waals surface area contributed by atoms with E-state index in [0.29, 0.717) is 34.1 Å². The summed E-state index contributed by atoms with van der Waals surface area (Å²) < 4.78 is 0. The van der Waals surface area contributed by atoms with Crippen LogP contribution < -0.4 is 4.90 Å². The number of nitriles is 2. The fourth-order valence-electron chi connectivity index (χ4n) is 3.67. The van der Waals surface area contributed by atoms with Crippen molar-refractivity contribution in [2.75, 3.05) is 38.1 Å². The lowest BCUT2D eigenvalue weighted by Crippen LogP contribution is -2.30. The van der Waals surface area contributed by atoms with Crippen LogP contribution in [0.2, 0.25) is 0 Å². The second-order valence-corrected chi connectivity index (χ2v) is 8.42. The SMILES string of the molecule is CCc1c(C#N)c(SCc2ccc(CO)cc2)nc(N2CCCN(C)CC2)c1C#N. The van der Waals surface area contributed by atoms with E-state index in [4.69, 9.17) is 4.98 Å². The predicted octanol–water partition coefficient (Wildman–Crippen LogP) is 3.31. The molecule has 3 rings (SSSR count). The van der Waals surface area contributed by atoms with E-state index >= 15 is 0 Å². The van der Waals surface area contributed by atoms with Crippen molar-refractivity contribution in [3.8, 4) is 12.1 Å². The van der Waals surface area contributed by atoms with Crippen LogP contribution in [0.5, 0.6) is 0 Å². The van der Waals surface area contributed by atoms with Gasteiger partial charge in [0.05, 0.1) is 17.7 Å². The Kier molecular flexibility index (Phi) is 7.70. The van der Waals surface area contributed by atoms with E-state index in [9.17, 15) is 15.6 Å². The number of aromatic nitrogens is 1. The van der Waals surface area contributed by atoms with E-state index in [1.807, 2.05) is 31.2 Å². The average molecular weight is 422 g/mol. The minimum Gasteiger partial charge on any atom is -0.392 e. The Morgan fingerprint density at radius 1 is 1.03 bits per heavy atom. The highest BCUT2D eigenvalue weighted by atomic mass is 32.2. The summed E-state index contributed by atoms with van der Waals surface area (Å²) in [7, 11) is 2.11. The molecule has 1 aliphatic heterocycles. The first-order valence-corrected chi connectivity index (χ1v) is 11.2. The molecule has 2 heterocycles. The molecule has 0 unspecified atom stereocenters. The quantitative estimate of drug-likeness (QED) is 0.716. The van der Waals surface area contributed by atoms with Crippen molar-refractivity contribution in [2.24, 2.45) is 0 Å². The van der Waals surface area contributed by atoms with Gasteiger partial charge in [-0.1, -0.05) is 31.2 Å². The van der Waals surface area contributed by atoms with Crippen LogP contribution in [0.3, 0.4) is 0 Å². The van der Waals surface area contributed by atoms with Crippen molar-refractivity contribution >= 4 is 17.6 Å². The van der Waals surface area contributed by atoms with Gasteiger partial charge in [0.15, 0.2) is 0 Å².